The Morgan fingerprint density at radius 3 is 2.86 bits per heavy atom. The molecule has 0 aliphatic carbocycles. The van der Waals surface area contributed by atoms with Crippen molar-refractivity contribution in [1.82, 2.24) is 0 Å². The molecule has 0 amide bonds. The lowest BCUT2D eigenvalue weighted by molar-refractivity contribution is 0.847. The molecule has 0 aromatic heterocycles. The first-order valence-corrected chi connectivity index (χ1v) is 2.20. The van der Waals surface area contributed by atoms with E-state index in [1.807, 2.05) is 6.01 Å². The van der Waals surface area contributed by atoms with Crippen molar-refractivity contribution in [2.45, 2.75) is 6.42 Å². The minimum absolute atomic E-state index is 0.639. The molecule has 0 heterocycles. The molecule has 0 fully saturated rings. The van der Waals surface area contributed by atoms with Gasteiger partial charge in [0, 0.05) is 0 Å². The van der Waals surface area contributed by atoms with E-state index in [9.17, 15) is 0 Å². The van der Waals surface area contributed by atoms with E-state index in [2.05, 4.69) is 4.99 Å². The largest absolute Gasteiger partial charge is 0.330 e. The average Bonchev–Trinajstić information content (AvgIpc) is 1.69. The van der Waals surface area contributed by atoms with Gasteiger partial charge in [-0.25, -0.2) is 10.4 Å². The summed E-state index contributed by atoms with van der Waals surface area (Å²) in [6, 6.07) is 1.92. The Morgan fingerprint density at radius 1 is 1.71 bits per heavy atom. The number of hydrogen-bond donors (Lipinski definition) is 2. The second-order valence-electron chi connectivity index (χ2n) is 1.14. The minimum atomic E-state index is 0.639. The smallest absolute Gasteiger partial charge is 0.0861 e. The second-order valence-corrected chi connectivity index (χ2v) is 1.14. The topological polar surface area (TPSA) is 62.2 Å². The third-order valence-corrected chi connectivity index (χ3v) is 0.553. The normalized spacial score (nSPS) is 7.57. The summed E-state index contributed by atoms with van der Waals surface area (Å²) in [6.07, 6.45) is 0.853. The Morgan fingerprint density at radius 2 is 2.43 bits per heavy atom. The van der Waals surface area contributed by atoms with Gasteiger partial charge in [0.1, 0.15) is 0 Å². The van der Waals surface area contributed by atoms with Gasteiger partial charge in [0.2, 0.25) is 0 Å². The highest BCUT2D eigenvalue weighted by Gasteiger charge is 1.73. The lowest BCUT2D eigenvalue weighted by atomic mass is 10.4. The van der Waals surface area contributed by atoms with Crippen molar-refractivity contribution < 1.29 is 0 Å². The number of rotatable bonds is 3. The molecule has 0 atom stereocenters. The average molecular weight is 99.1 g/mol. The van der Waals surface area contributed by atoms with E-state index in [1.165, 1.54) is 0 Å². The maximum Gasteiger partial charge on any atom is 0.0861 e. The number of aliphatic imine (C=N–C) groups is 1. The molecule has 0 aliphatic heterocycles. The maximum atomic E-state index is 6.32. The summed E-state index contributed by atoms with van der Waals surface area (Å²) in [7, 11) is 0. The molecule has 3 N–H and O–H groups in total. The minimum Gasteiger partial charge on any atom is -0.330 e. The van der Waals surface area contributed by atoms with Crippen LogP contribution in [0.4, 0.5) is 0 Å². The van der Waals surface area contributed by atoms with Gasteiger partial charge in [0.15, 0.2) is 0 Å². The molecule has 3 heteroatoms. The van der Waals surface area contributed by atoms with Gasteiger partial charge in [-0.3, -0.25) is 0 Å². The maximum absolute atomic E-state index is 6.32. The van der Waals surface area contributed by atoms with Crippen molar-refractivity contribution in [2.75, 3.05) is 13.1 Å². The molecule has 0 radical (unpaired) electrons. The Hall–Kier alpha value is -0.660. The van der Waals surface area contributed by atoms with Crippen molar-refractivity contribution in [2.24, 2.45) is 10.7 Å². The van der Waals surface area contributed by atoms with E-state index in [0.29, 0.717) is 13.1 Å². The lowest BCUT2D eigenvalue weighted by Gasteiger charge is -1.82. The number of hydrogen-bond acceptors (Lipinski definition) is 3. The molecule has 0 aliphatic rings. The van der Waals surface area contributed by atoms with Crippen molar-refractivity contribution in [3.05, 3.63) is 0 Å². The quantitative estimate of drug-likeness (QED) is 0.382. The van der Waals surface area contributed by atoms with E-state index in [1.54, 1.807) is 0 Å². The second kappa shape index (κ2) is 5.34. The summed E-state index contributed by atoms with van der Waals surface area (Å²) in [4.78, 5) is 3.50. The Balaban J connectivity index is 2.83. The summed E-state index contributed by atoms with van der Waals surface area (Å²) >= 11 is 0. The third-order valence-electron chi connectivity index (χ3n) is 0.553. The van der Waals surface area contributed by atoms with Crippen LogP contribution in [0, 0.1) is 5.41 Å². The van der Waals surface area contributed by atoms with Gasteiger partial charge in [-0.15, -0.1) is 0 Å². The van der Waals surface area contributed by atoms with Crippen LogP contribution in [-0.4, -0.2) is 19.1 Å². The predicted molar refractivity (Wildman–Crippen MR) is 28.7 cm³/mol. The van der Waals surface area contributed by atoms with Gasteiger partial charge < -0.3 is 5.73 Å². The van der Waals surface area contributed by atoms with Crippen LogP contribution >= 0.6 is 0 Å². The first-order chi connectivity index (χ1) is 3.41. The van der Waals surface area contributed by atoms with Crippen molar-refractivity contribution in [3.8, 4) is 0 Å². The summed E-state index contributed by atoms with van der Waals surface area (Å²) in [5.41, 5.74) is 5.12. The van der Waals surface area contributed by atoms with Gasteiger partial charge in [-0.1, -0.05) is 0 Å². The molecule has 40 valence electrons. The van der Waals surface area contributed by atoms with Gasteiger partial charge >= 0.3 is 0 Å². The SMILES string of the molecule is N=C=NCCCN. The summed E-state index contributed by atoms with van der Waals surface area (Å²) in [5.74, 6) is 0. The summed E-state index contributed by atoms with van der Waals surface area (Å²) in [6.45, 7) is 1.28. The van der Waals surface area contributed by atoms with Crippen molar-refractivity contribution in [3.63, 3.8) is 0 Å². The fourth-order valence-electron chi connectivity index (χ4n) is 0.226. The van der Waals surface area contributed by atoms with Crippen molar-refractivity contribution >= 4 is 6.01 Å². The van der Waals surface area contributed by atoms with E-state index >= 15 is 0 Å². The van der Waals surface area contributed by atoms with E-state index in [4.69, 9.17) is 11.1 Å². The zero-order valence-electron chi connectivity index (χ0n) is 4.15. The fraction of sp³-hybridized carbons (Fsp3) is 0.750. The molecule has 0 saturated heterocycles. The number of nitrogens with zero attached hydrogens (tertiary/aromatic N) is 1. The molecule has 0 spiro atoms. The Labute approximate surface area is 42.8 Å². The van der Waals surface area contributed by atoms with Crippen LogP contribution < -0.4 is 5.73 Å². The molecular weight excluding hydrogens is 90.1 g/mol. The van der Waals surface area contributed by atoms with Crippen molar-refractivity contribution in [1.29, 1.82) is 5.41 Å². The Bertz CT molecular complexity index is 73.0. The van der Waals surface area contributed by atoms with Crippen LogP contribution in [0.25, 0.3) is 0 Å². The highest BCUT2D eigenvalue weighted by Crippen LogP contribution is 1.71. The predicted octanol–water partition coefficient (Wildman–Crippen LogP) is 0.0879. The standard InChI is InChI=1S/C4H9N3/c5-2-1-3-7-4-6/h6H,1-3,5H2. The van der Waals surface area contributed by atoms with Crippen LogP contribution in [0.5, 0.6) is 0 Å². The fourth-order valence-corrected chi connectivity index (χ4v) is 0.226. The van der Waals surface area contributed by atoms with Crippen LogP contribution in [0.3, 0.4) is 0 Å². The zero-order valence-corrected chi connectivity index (χ0v) is 4.15. The molecule has 0 rings (SSSR count). The van der Waals surface area contributed by atoms with Gasteiger partial charge in [0.05, 0.1) is 12.6 Å². The van der Waals surface area contributed by atoms with Crippen LogP contribution in [0.15, 0.2) is 4.99 Å². The molecule has 0 aromatic rings. The van der Waals surface area contributed by atoms with E-state index in [0.717, 1.165) is 6.42 Å². The van der Waals surface area contributed by atoms with E-state index in [-0.39, 0.29) is 0 Å². The van der Waals surface area contributed by atoms with Crippen LogP contribution in [0.1, 0.15) is 6.42 Å². The van der Waals surface area contributed by atoms with Gasteiger partial charge in [-0.05, 0) is 13.0 Å². The Kier molecular flexibility index (Phi) is 4.84. The lowest BCUT2D eigenvalue weighted by Crippen LogP contribution is -1.99. The molecule has 0 aromatic carbocycles. The first kappa shape index (κ1) is 6.34. The first-order valence-electron chi connectivity index (χ1n) is 2.20. The van der Waals surface area contributed by atoms with E-state index < -0.39 is 0 Å². The highest BCUT2D eigenvalue weighted by molar-refractivity contribution is 5.35. The molecular formula is C4H9N3. The molecule has 3 nitrogen and oxygen atoms in total. The number of nitrogens with two attached hydrogens (primary N) is 1. The molecule has 0 unspecified atom stereocenters. The highest BCUT2D eigenvalue weighted by atomic mass is 14.7. The third kappa shape index (κ3) is 5.34. The number of nitrogens with one attached hydrogen (secondary N) is 1. The summed E-state index contributed by atoms with van der Waals surface area (Å²) < 4.78 is 0. The molecule has 0 saturated carbocycles. The van der Waals surface area contributed by atoms with Gasteiger partial charge in [-0.2, -0.15) is 0 Å². The van der Waals surface area contributed by atoms with Crippen LogP contribution in [-0.2, 0) is 0 Å². The summed E-state index contributed by atoms with van der Waals surface area (Å²) in [5, 5.41) is 6.32. The monoisotopic (exact) mass is 99.1 g/mol. The van der Waals surface area contributed by atoms with Crippen LogP contribution in [0.2, 0.25) is 0 Å². The van der Waals surface area contributed by atoms with Gasteiger partial charge in [0.25, 0.3) is 0 Å². The molecule has 0 bridgehead atoms. The molecule has 7 heavy (non-hydrogen) atoms. The zero-order chi connectivity index (χ0) is 5.54.